The number of nitrogens with zero attached hydrogens (tertiary/aromatic N) is 2. The van der Waals surface area contributed by atoms with Gasteiger partial charge in [0.05, 0.1) is 16.6 Å². The average Bonchev–Trinajstić information content (AvgIpc) is 3.05. The topological polar surface area (TPSA) is 67.8 Å². The predicted molar refractivity (Wildman–Crippen MR) is 91.3 cm³/mol. The SMILES string of the molecule is O=c1[nH]c2ccccc2c(=O)n1-c1nc(-c2ccccc2)cs1. The number of fused-ring (bicyclic) bond motifs is 1. The first-order chi connectivity index (χ1) is 11.2. The summed E-state index contributed by atoms with van der Waals surface area (Å²) in [5.41, 5.74) is 1.37. The molecule has 0 saturated heterocycles. The standard InChI is InChI=1S/C17H11N3O2S/c21-15-12-8-4-5-9-13(12)18-16(22)20(15)17-19-14(10-23-17)11-6-2-1-3-7-11/h1-10H,(H,18,22). The highest BCUT2D eigenvalue weighted by atomic mass is 32.1. The minimum absolute atomic E-state index is 0.362. The number of thiazole rings is 1. The Morgan fingerprint density at radius 2 is 1.70 bits per heavy atom. The number of rotatable bonds is 2. The van der Waals surface area contributed by atoms with Crippen molar-refractivity contribution >= 4 is 22.2 Å². The predicted octanol–water partition coefficient (Wildman–Crippen LogP) is 2.80. The van der Waals surface area contributed by atoms with Crippen molar-refractivity contribution in [2.75, 3.05) is 0 Å². The summed E-state index contributed by atoms with van der Waals surface area (Å²) in [5, 5.41) is 2.66. The molecule has 112 valence electrons. The van der Waals surface area contributed by atoms with Crippen LogP contribution in [0.4, 0.5) is 0 Å². The van der Waals surface area contributed by atoms with Crippen LogP contribution in [0.3, 0.4) is 0 Å². The van der Waals surface area contributed by atoms with E-state index < -0.39 is 5.69 Å². The van der Waals surface area contributed by atoms with Gasteiger partial charge in [-0.15, -0.1) is 11.3 Å². The van der Waals surface area contributed by atoms with E-state index in [1.165, 1.54) is 11.3 Å². The van der Waals surface area contributed by atoms with E-state index in [0.717, 1.165) is 15.8 Å². The first kappa shape index (κ1) is 13.7. The van der Waals surface area contributed by atoms with Crippen molar-refractivity contribution in [3.05, 3.63) is 80.8 Å². The molecule has 1 N–H and O–H groups in total. The monoisotopic (exact) mass is 321 g/mol. The van der Waals surface area contributed by atoms with Crippen molar-refractivity contribution in [2.24, 2.45) is 0 Å². The number of hydrogen-bond donors (Lipinski definition) is 1. The molecule has 0 aliphatic rings. The van der Waals surface area contributed by atoms with Gasteiger partial charge < -0.3 is 4.98 Å². The van der Waals surface area contributed by atoms with Crippen molar-refractivity contribution in [1.29, 1.82) is 0 Å². The molecule has 0 fully saturated rings. The zero-order chi connectivity index (χ0) is 15.8. The smallest absolute Gasteiger partial charge is 0.306 e. The fourth-order valence-corrected chi connectivity index (χ4v) is 3.27. The molecule has 6 heteroatoms. The maximum absolute atomic E-state index is 12.6. The molecule has 0 spiro atoms. The maximum atomic E-state index is 12.6. The molecule has 23 heavy (non-hydrogen) atoms. The number of para-hydroxylation sites is 1. The molecule has 5 nitrogen and oxygen atoms in total. The number of nitrogens with one attached hydrogen (secondary N) is 1. The van der Waals surface area contributed by atoms with Crippen molar-refractivity contribution in [3.8, 4) is 16.4 Å². The van der Waals surface area contributed by atoms with Crippen molar-refractivity contribution in [2.45, 2.75) is 0 Å². The van der Waals surface area contributed by atoms with Crippen molar-refractivity contribution in [1.82, 2.24) is 14.5 Å². The molecule has 2 heterocycles. The summed E-state index contributed by atoms with van der Waals surface area (Å²) in [7, 11) is 0. The molecular formula is C17H11N3O2S. The van der Waals surface area contributed by atoms with Crippen LogP contribution in [-0.2, 0) is 0 Å². The van der Waals surface area contributed by atoms with Gasteiger partial charge in [0.2, 0.25) is 5.13 Å². The molecule has 0 aliphatic carbocycles. The lowest BCUT2D eigenvalue weighted by molar-refractivity contribution is 0.891. The molecule has 0 amide bonds. The minimum atomic E-state index is -0.484. The quantitative estimate of drug-likeness (QED) is 0.617. The van der Waals surface area contributed by atoms with Crippen LogP contribution in [0.2, 0.25) is 0 Å². The van der Waals surface area contributed by atoms with Crippen molar-refractivity contribution < 1.29 is 0 Å². The fraction of sp³-hybridized carbons (Fsp3) is 0. The Bertz CT molecular complexity index is 1110. The van der Waals surface area contributed by atoms with Gasteiger partial charge in [0.15, 0.2) is 0 Å². The summed E-state index contributed by atoms with van der Waals surface area (Å²) in [6, 6.07) is 16.6. The lowest BCUT2D eigenvalue weighted by Gasteiger charge is -2.02. The lowest BCUT2D eigenvalue weighted by atomic mass is 10.2. The largest absolute Gasteiger partial charge is 0.335 e. The van der Waals surface area contributed by atoms with E-state index in [-0.39, 0.29) is 5.56 Å². The second-order valence-electron chi connectivity index (χ2n) is 5.00. The van der Waals surface area contributed by atoms with E-state index in [2.05, 4.69) is 9.97 Å². The average molecular weight is 321 g/mol. The van der Waals surface area contributed by atoms with E-state index in [1.807, 2.05) is 35.7 Å². The third kappa shape index (κ3) is 2.29. The van der Waals surface area contributed by atoms with Crippen LogP contribution < -0.4 is 11.2 Å². The molecule has 0 atom stereocenters. The van der Waals surface area contributed by atoms with E-state index in [4.69, 9.17) is 0 Å². The molecule has 4 aromatic rings. The molecule has 2 aromatic heterocycles. The Hall–Kier alpha value is -2.99. The minimum Gasteiger partial charge on any atom is -0.306 e. The third-order valence-corrected chi connectivity index (χ3v) is 4.38. The molecule has 0 unspecified atom stereocenters. The summed E-state index contributed by atoms with van der Waals surface area (Å²) in [4.78, 5) is 32.0. The van der Waals surface area contributed by atoms with E-state index in [0.29, 0.717) is 16.0 Å². The van der Waals surface area contributed by atoms with Gasteiger partial charge in [0.1, 0.15) is 0 Å². The van der Waals surface area contributed by atoms with Crippen molar-refractivity contribution in [3.63, 3.8) is 0 Å². The Labute approximate surface area is 134 Å². The second-order valence-corrected chi connectivity index (χ2v) is 5.83. The van der Waals surface area contributed by atoms with Gasteiger partial charge in [-0.1, -0.05) is 42.5 Å². The third-order valence-electron chi connectivity index (χ3n) is 3.56. The van der Waals surface area contributed by atoms with Gasteiger partial charge in [-0.05, 0) is 12.1 Å². The molecule has 0 bridgehead atoms. The summed E-state index contributed by atoms with van der Waals surface area (Å²) in [6.45, 7) is 0. The first-order valence-corrected chi connectivity index (χ1v) is 7.87. The maximum Gasteiger partial charge on any atom is 0.335 e. The van der Waals surface area contributed by atoms with Gasteiger partial charge in [-0.25, -0.2) is 14.3 Å². The normalized spacial score (nSPS) is 11.0. The number of H-pyrrole nitrogens is 1. The van der Waals surface area contributed by atoms with Gasteiger partial charge >= 0.3 is 5.69 Å². The van der Waals surface area contributed by atoms with Crippen LogP contribution in [0.15, 0.2) is 69.6 Å². The summed E-state index contributed by atoms with van der Waals surface area (Å²) >= 11 is 1.27. The van der Waals surface area contributed by atoms with Gasteiger partial charge in [-0.3, -0.25) is 4.79 Å². The van der Waals surface area contributed by atoms with Gasteiger partial charge in [0.25, 0.3) is 5.56 Å². The van der Waals surface area contributed by atoms with Crippen LogP contribution in [0.25, 0.3) is 27.3 Å². The lowest BCUT2D eigenvalue weighted by Crippen LogP contribution is -2.33. The number of hydrogen-bond acceptors (Lipinski definition) is 4. The second kappa shape index (κ2) is 5.33. The van der Waals surface area contributed by atoms with E-state index in [1.54, 1.807) is 24.3 Å². The highest BCUT2D eigenvalue weighted by molar-refractivity contribution is 7.12. The van der Waals surface area contributed by atoms with Crippen LogP contribution >= 0.6 is 11.3 Å². The van der Waals surface area contributed by atoms with Crippen LogP contribution in [0.5, 0.6) is 0 Å². The number of aromatic nitrogens is 3. The molecule has 4 rings (SSSR count). The molecule has 0 saturated carbocycles. The summed E-state index contributed by atoms with van der Waals surface area (Å²) < 4.78 is 1.08. The highest BCUT2D eigenvalue weighted by Gasteiger charge is 2.13. The van der Waals surface area contributed by atoms with Crippen LogP contribution in [0.1, 0.15) is 0 Å². The molecular weight excluding hydrogens is 310 g/mol. The van der Waals surface area contributed by atoms with Crippen LogP contribution in [-0.4, -0.2) is 14.5 Å². The Morgan fingerprint density at radius 1 is 0.957 bits per heavy atom. The fourth-order valence-electron chi connectivity index (χ4n) is 2.44. The van der Waals surface area contributed by atoms with E-state index >= 15 is 0 Å². The van der Waals surface area contributed by atoms with Crippen LogP contribution in [0, 0.1) is 0 Å². The van der Waals surface area contributed by atoms with Gasteiger partial charge in [-0.2, -0.15) is 0 Å². The first-order valence-electron chi connectivity index (χ1n) is 6.99. The zero-order valence-electron chi connectivity index (χ0n) is 11.9. The zero-order valence-corrected chi connectivity index (χ0v) is 12.7. The molecule has 0 radical (unpaired) electrons. The Morgan fingerprint density at radius 3 is 2.52 bits per heavy atom. The molecule has 2 aromatic carbocycles. The summed E-state index contributed by atoms with van der Waals surface area (Å²) in [5.74, 6) is 0. The molecule has 0 aliphatic heterocycles. The van der Waals surface area contributed by atoms with Gasteiger partial charge in [0, 0.05) is 10.9 Å². The Kier molecular flexibility index (Phi) is 3.17. The Balaban J connectivity index is 1.92. The summed E-state index contributed by atoms with van der Waals surface area (Å²) in [6.07, 6.45) is 0. The highest BCUT2D eigenvalue weighted by Crippen LogP contribution is 2.22. The number of benzene rings is 2. The number of aromatic amines is 1. The van der Waals surface area contributed by atoms with E-state index in [9.17, 15) is 9.59 Å².